The van der Waals surface area contributed by atoms with Gasteiger partial charge in [-0.3, -0.25) is 19.2 Å². The molecule has 12 nitrogen and oxygen atoms in total. The van der Waals surface area contributed by atoms with Gasteiger partial charge in [0.25, 0.3) is 0 Å². The lowest BCUT2D eigenvalue weighted by Gasteiger charge is -2.21. The molecule has 0 radical (unpaired) electrons. The number of aliphatic carboxylic acids is 2. The van der Waals surface area contributed by atoms with Crippen LogP contribution in [0, 0.1) is 5.92 Å². The first-order chi connectivity index (χ1) is 15.4. The van der Waals surface area contributed by atoms with Crippen molar-refractivity contribution >= 4 is 29.7 Å². The van der Waals surface area contributed by atoms with Gasteiger partial charge >= 0.3 is 11.9 Å². The lowest BCUT2D eigenvalue weighted by atomic mass is 10.0. The predicted molar refractivity (Wildman–Crippen MR) is 116 cm³/mol. The predicted octanol–water partition coefficient (Wildman–Crippen LogP) is -1.05. The van der Waals surface area contributed by atoms with E-state index in [0.717, 1.165) is 0 Å². The van der Waals surface area contributed by atoms with Crippen LogP contribution < -0.4 is 21.7 Å². The highest BCUT2D eigenvalue weighted by molar-refractivity contribution is 5.93. The van der Waals surface area contributed by atoms with Gasteiger partial charge in [-0.25, -0.2) is 4.79 Å². The quantitative estimate of drug-likeness (QED) is 0.189. The molecule has 3 amide bonds. The standard InChI is InChI=1S/C21H30N4O8/c1-11(2)7-16(21(32)33)24-17(27)10-23-20(31)15(8-12-3-5-13(26)6-4-12)25-19(30)14(22)9-18(28)29/h3-6,11,14-16,26H,7-10,22H2,1-2H3,(H,23,31)(H,24,27)(H,25,30)(H,28,29)(H,32,33). The normalized spacial score (nSPS) is 13.5. The highest BCUT2D eigenvalue weighted by atomic mass is 16.4. The zero-order valence-corrected chi connectivity index (χ0v) is 18.4. The minimum absolute atomic E-state index is 0.00155. The van der Waals surface area contributed by atoms with Crippen molar-refractivity contribution in [3.63, 3.8) is 0 Å². The number of hydrogen-bond donors (Lipinski definition) is 7. The molecule has 0 aliphatic heterocycles. The van der Waals surface area contributed by atoms with Crippen LogP contribution in [0.2, 0.25) is 0 Å². The molecule has 0 aliphatic rings. The van der Waals surface area contributed by atoms with Crippen molar-refractivity contribution in [2.45, 2.75) is 51.2 Å². The number of aromatic hydroxyl groups is 1. The summed E-state index contributed by atoms with van der Waals surface area (Å²) in [5, 5.41) is 34.4. The second kappa shape index (κ2) is 13.0. The van der Waals surface area contributed by atoms with Gasteiger partial charge in [-0.05, 0) is 30.0 Å². The Morgan fingerprint density at radius 3 is 2.06 bits per heavy atom. The zero-order chi connectivity index (χ0) is 25.1. The number of phenolic OH excluding ortho intramolecular Hbond substituents is 1. The molecule has 0 fully saturated rings. The summed E-state index contributed by atoms with van der Waals surface area (Å²) in [6.45, 7) is 3.06. The third-order valence-corrected chi connectivity index (χ3v) is 4.50. The van der Waals surface area contributed by atoms with Crippen molar-refractivity contribution in [3.8, 4) is 5.75 Å². The maximum absolute atomic E-state index is 12.7. The molecule has 33 heavy (non-hydrogen) atoms. The maximum Gasteiger partial charge on any atom is 0.326 e. The summed E-state index contributed by atoms with van der Waals surface area (Å²) in [7, 11) is 0. The minimum Gasteiger partial charge on any atom is -0.508 e. The van der Waals surface area contributed by atoms with Crippen molar-refractivity contribution in [2.24, 2.45) is 11.7 Å². The third kappa shape index (κ3) is 10.5. The number of carboxylic acid groups (broad SMARTS) is 2. The Hall–Kier alpha value is -3.67. The number of phenols is 1. The molecule has 0 aromatic heterocycles. The topological polar surface area (TPSA) is 208 Å². The Labute approximate surface area is 190 Å². The van der Waals surface area contributed by atoms with Gasteiger partial charge < -0.3 is 37.0 Å². The largest absolute Gasteiger partial charge is 0.508 e. The summed E-state index contributed by atoms with van der Waals surface area (Å²) in [5.74, 6) is -4.84. The van der Waals surface area contributed by atoms with Crippen molar-refractivity contribution < 1.29 is 39.3 Å². The van der Waals surface area contributed by atoms with Crippen LogP contribution in [0.5, 0.6) is 5.75 Å². The number of nitrogens with two attached hydrogens (primary N) is 1. The van der Waals surface area contributed by atoms with Crippen LogP contribution in [0.3, 0.4) is 0 Å². The second-order valence-electron chi connectivity index (χ2n) is 7.94. The number of benzene rings is 1. The van der Waals surface area contributed by atoms with Gasteiger partial charge in [0.2, 0.25) is 17.7 Å². The van der Waals surface area contributed by atoms with E-state index < -0.39 is 60.8 Å². The molecule has 0 spiro atoms. The number of carbonyl (C=O) groups excluding carboxylic acids is 3. The molecule has 182 valence electrons. The molecule has 0 saturated carbocycles. The number of rotatable bonds is 13. The summed E-state index contributed by atoms with van der Waals surface area (Å²) >= 11 is 0. The van der Waals surface area contributed by atoms with Gasteiger partial charge in [0, 0.05) is 6.42 Å². The van der Waals surface area contributed by atoms with E-state index in [-0.39, 0.29) is 24.5 Å². The number of nitrogens with one attached hydrogen (secondary N) is 3. The molecule has 0 heterocycles. The molecular weight excluding hydrogens is 436 g/mol. The van der Waals surface area contributed by atoms with Gasteiger partial charge in [-0.1, -0.05) is 26.0 Å². The third-order valence-electron chi connectivity index (χ3n) is 4.50. The monoisotopic (exact) mass is 466 g/mol. The number of amides is 3. The summed E-state index contributed by atoms with van der Waals surface area (Å²) in [4.78, 5) is 59.1. The Morgan fingerprint density at radius 1 is 0.939 bits per heavy atom. The van der Waals surface area contributed by atoms with E-state index in [1.54, 1.807) is 13.8 Å². The van der Waals surface area contributed by atoms with Crippen molar-refractivity contribution in [1.82, 2.24) is 16.0 Å². The van der Waals surface area contributed by atoms with Gasteiger partial charge in [0.1, 0.15) is 17.8 Å². The van der Waals surface area contributed by atoms with Gasteiger partial charge in [-0.2, -0.15) is 0 Å². The van der Waals surface area contributed by atoms with Crippen LogP contribution in [0.15, 0.2) is 24.3 Å². The maximum atomic E-state index is 12.7. The molecule has 1 aromatic rings. The summed E-state index contributed by atoms with van der Waals surface area (Å²) in [6.07, 6.45) is -0.478. The molecule has 3 unspecified atom stereocenters. The minimum atomic E-state index is -1.40. The average Bonchev–Trinajstić information content (AvgIpc) is 2.71. The molecule has 1 aromatic carbocycles. The number of hydrogen-bond acceptors (Lipinski definition) is 7. The SMILES string of the molecule is CC(C)CC(NC(=O)CNC(=O)C(Cc1ccc(O)cc1)NC(=O)C(N)CC(=O)O)C(=O)O. The van der Waals surface area contributed by atoms with E-state index in [1.165, 1.54) is 24.3 Å². The number of carbonyl (C=O) groups is 5. The Balaban J connectivity index is 2.84. The van der Waals surface area contributed by atoms with Crippen molar-refractivity contribution in [3.05, 3.63) is 29.8 Å². The Kier molecular flexibility index (Phi) is 10.8. The summed E-state index contributed by atoms with van der Waals surface area (Å²) in [5.41, 5.74) is 6.11. The summed E-state index contributed by atoms with van der Waals surface area (Å²) < 4.78 is 0. The zero-order valence-electron chi connectivity index (χ0n) is 18.4. The fourth-order valence-electron chi connectivity index (χ4n) is 2.87. The van der Waals surface area contributed by atoms with E-state index >= 15 is 0 Å². The smallest absolute Gasteiger partial charge is 0.326 e. The van der Waals surface area contributed by atoms with E-state index in [4.69, 9.17) is 10.8 Å². The van der Waals surface area contributed by atoms with Crippen LogP contribution in [0.4, 0.5) is 0 Å². The first kappa shape index (κ1) is 27.4. The first-order valence-electron chi connectivity index (χ1n) is 10.2. The van der Waals surface area contributed by atoms with Crippen LogP contribution >= 0.6 is 0 Å². The Morgan fingerprint density at radius 2 is 1.55 bits per heavy atom. The fourth-order valence-corrected chi connectivity index (χ4v) is 2.87. The lowest BCUT2D eigenvalue weighted by Crippen LogP contribution is -2.54. The second-order valence-corrected chi connectivity index (χ2v) is 7.94. The van der Waals surface area contributed by atoms with E-state index in [1.807, 2.05) is 0 Å². The number of carboxylic acids is 2. The highest BCUT2D eigenvalue weighted by Crippen LogP contribution is 2.12. The van der Waals surface area contributed by atoms with E-state index in [9.17, 15) is 34.2 Å². The molecular formula is C21H30N4O8. The van der Waals surface area contributed by atoms with E-state index in [0.29, 0.717) is 5.56 Å². The molecule has 0 bridgehead atoms. The molecule has 8 N–H and O–H groups in total. The van der Waals surface area contributed by atoms with Crippen LogP contribution in [-0.2, 0) is 30.4 Å². The molecule has 3 atom stereocenters. The van der Waals surface area contributed by atoms with Crippen molar-refractivity contribution in [1.29, 1.82) is 0 Å². The molecule has 0 aliphatic carbocycles. The van der Waals surface area contributed by atoms with Crippen molar-refractivity contribution in [2.75, 3.05) is 6.54 Å². The van der Waals surface area contributed by atoms with Crippen LogP contribution in [-0.4, -0.2) is 69.7 Å². The fraction of sp³-hybridized carbons (Fsp3) is 0.476. The van der Waals surface area contributed by atoms with Gasteiger partial charge in [-0.15, -0.1) is 0 Å². The van der Waals surface area contributed by atoms with Gasteiger partial charge in [0.05, 0.1) is 19.0 Å². The van der Waals surface area contributed by atoms with Gasteiger partial charge in [0.15, 0.2) is 0 Å². The highest BCUT2D eigenvalue weighted by Gasteiger charge is 2.26. The average molecular weight is 466 g/mol. The van der Waals surface area contributed by atoms with Crippen LogP contribution in [0.25, 0.3) is 0 Å². The van der Waals surface area contributed by atoms with Crippen LogP contribution in [0.1, 0.15) is 32.3 Å². The van der Waals surface area contributed by atoms with E-state index in [2.05, 4.69) is 16.0 Å². The Bertz CT molecular complexity index is 856. The molecule has 1 rings (SSSR count). The molecule has 12 heteroatoms. The molecule has 0 saturated heterocycles. The summed E-state index contributed by atoms with van der Waals surface area (Å²) in [6, 6.07) is 2.10. The first-order valence-corrected chi connectivity index (χ1v) is 10.2. The lowest BCUT2D eigenvalue weighted by molar-refractivity contribution is -0.142.